The van der Waals surface area contributed by atoms with E-state index in [0.717, 1.165) is 23.8 Å². The number of fused-ring (bicyclic) bond motifs is 2. The van der Waals surface area contributed by atoms with Gasteiger partial charge >= 0.3 is 0 Å². The maximum absolute atomic E-state index is 2.85. The van der Waals surface area contributed by atoms with E-state index in [0.29, 0.717) is 0 Å². The molecular formula is C18H30N2. The summed E-state index contributed by atoms with van der Waals surface area (Å²) in [5, 5.41) is 0. The first-order chi connectivity index (χ1) is 9.88. The Hall–Kier alpha value is -0.340. The summed E-state index contributed by atoms with van der Waals surface area (Å²) in [7, 11) is 0. The fourth-order valence-corrected chi connectivity index (χ4v) is 5.32. The smallest absolute Gasteiger partial charge is 0.0127 e. The molecule has 4 atom stereocenters. The van der Waals surface area contributed by atoms with E-state index >= 15 is 0 Å². The molecule has 3 fully saturated rings. The summed E-state index contributed by atoms with van der Waals surface area (Å²) in [4.78, 5) is 5.59. The van der Waals surface area contributed by atoms with Crippen molar-refractivity contribution in [3.8, 4) is 0 Å². The van der Waals surface area contributed by atoms with Crippen LogP contribution in [0, 0.1) is 17.8 Å². The summed E-state index contributed by atoms with van der Waals surface area (Å²) >= 11 is 0. The Morgan fingerprint density at radius 1 is 0.900 bits per heavy atom. The third kappa shape index (κ3) is 2.69. The number of piperazine rings is 1. The summed E-state index contributed by atoms with van der Waals surface area (Å²) in [5.74, 6) is 3.10. The topological polar surface area (TPSA) is 6.48 Å². The Morgan fingerprint density at radius 2 is 1.80 bits per heavy atom. The van der Waals surface area contributed by atoms with Crippen LogP contribution in [0.15, 0.2) is 12.2 Å². The van der Waals surface area contributed by atoms with Gasteiger partial charge in [0.25, 0.3) is 0 Å². The van der Waals surface area contributed by atoms with Gasteiger partial charge in [0.15, 0.2) is 0 Å². The normalized spacial score (nSPS) is 42.4. The highest BCUT2D eigenvalue weighted by Gasteiger charge is 2.42. The van der Waals surface area contributed by atoms with Crippen LogP contribution in [0.1, 0.15) is 44.9 Å². The minimum absolute atomic E-state index is 0.939. The first-order valence-electron chi connectivity index (χ1n) is 9.00. The summed E-state index contributed by atoms with van der Waals surface area (Å²) in [6.45, 7) is 6.70. The largest absolute Gasteiger partial charge is 0.301 e. The van der Waals surface area contributed by atoms with E-state index in [2.05, 4.69) is 22.0 Å². The number of hydrogen-bond acceptors (Lipinski definition) is 2. The van der Waals surface area contributed by atoms with E-state index < -0.39 is 0 Å². The Bertz CT molecular complexity index is 356. The summed E-state index contributed by atoms with van der Waals surface area (Å²) in [5.41, 5.74) is 0. The van der Waals surface area contributed by atoms with Gasteiger partial charge in [-0.1, -0.05) is 18.6 Å². The monoisotopic (exact) mass is 274 g/mol. The van der Waals surface area contributed by atoms with Crippen molar-refractivity contribution in [1.82, 2.24) is 9.80 Å². The van der Waals surface area contributed by atoms with Crippen LogP contribution in [0.4, 0.5) is 0 Å². The average molecular weight is 274 g/mol. The molecule has 20 heavy (non-hydrogen) atoms. The molecule has 1 heterocycles. The molecule has 0 aromatic carbocycles. The molecule has 0 aromatic heterocycles. The standard InChI is InChI=1S/C18H30N2/c1-2-4-15(5-3-1)14-19-8-10-20(11-9-19)18-13-16-6-7-17(18)12-16/h1-2,15-18H,3-14H2/t15-,16-,17-,18-/m1/s1. The molecule has 1 saturated heterocycles. The number of rotatable bonds is 3. The van der Waals surface area contributed by atoms with Gasteiger partial charge in [0.05, 0.1) is 0 Å². The highest BCUT2D eigenvalue weighted by molar-refractivity contribution is 4.97. The molecule has 2 bridgehead atoms. The quantitative estimate of drug-likeness (QED) is 0.730. The van der Waals surface area contributed by atoms with E-state index in [-0.39, 0.29) is 0 Å². The summed E-state index contributed by atoms with van der Waals surface area (Å²) in [6, 6.07) is 0.966. The van der Waals surface area contributed by atoms with Crippen LogP contribution in [0.5, 0.6) is 0 Å². The lowest BCUT2D eigenvalue weighted by molar-refractivity contribution is 0.0631. The molecule has 2 heteroatoms. The minimum Gasteiger partial charge on any atom is -0.301 e. The molecule has 3 aliphatic carbocycles. The molecule has 0 N–H and O–H groups in total. The molecule has 0 spiro atoms. The molecular weight excluding hydrogens is 244 g/mol. The Kier molecular flexibility index (Phi) is 3.87. The first-order valence-corrected chi connectivity index (χ1v) is 9.00. The number of allylic oxidation sites excluding steroid dienone is 2. The summed E-state index contributed by atoms with van der Waals surface area (Å²) < 4.78 is 0. The van der Waals surface area contributed by atoms with Crippen LogP contribution in [-0.4, -0.2) is 48.6 Å². The van der Waals surface area contributed by atoms with E-state index in [1.165, 1.54) is 71.2 Å². The van der Waals surface area contributed by atoms with Crippen LogP contribution in [-0.2, 0) is 0 Å². The van der Waals surface area contributed by atoms with Crippen molar-refractivity contribution < 1.29 is 0 Å². The lowest BCUT2D eigenvalue weighted by Gasteiger charge is -2.42. The van der Waals surface area contributed by atoms with E-state index in [4.69, 9.17) is 0 Å². The highest BCUT2D eigenvalue weighted by Crippen LogP contribution is 2.46. The second kappa shape index (κ2) is 5.81. The van der Waals surface area contributed by atoms with Crippen LogP contribution >= 0.6 is 0 Å². The van der Waals surface area contributed by atoms with Crippen LogP contribution in [0.25, 0.3) is 0 Å². The molecule has 1 aliphatic heterocycles. The molecule has 112 valence electrons. The second-order valence-electron chi connectivity index (χ2n) is 7.73. The van der Waals surface area contributed by atoms with Gasteiger partial charge in [-0.25, -0.2) is 0 Å². The van der Waals surface area contributed by atoms with Crippen LogP contribution in [0.2, 0.25) is 0 Å². The van der Waals surface area contributed by atoms with Crippen molar-refractivity contribution in [3.63, 3.8) is 0 Å². The maximum atomic E-state index is 2.85. The van der Waals surface area contributed by atoms with Gasteiger partial charge in [-0.05, 0) is 56.3 Å². The Balaban J connectivity index is 1.25. The van der Waals surface area contributed by atoms with Crippen molar-refractivity contribution >= 4 is 0 Å². The molecule has 0 unspecified atom stereocenters. The predicted molar refractivity (Wildman–Crippen MR) is 83.7 cm³/mol. The molecule has 4 rings (SSSR count). The zero-order chi connectivity index (χ0) is 13.4. The molecule has 2 nitrogen and oxygen atoms in total. The number of nitrogens with zero attached hydrogens (tertiary/aromatic N) is 2. The van der Waals surface area contributed by atoms with Gasteiger partial charge < -0.3 is 4.90 Å². The molecule has 0 amide bonds. The third-order valence-corrected chi connectivity index (χ3v) is 6.47. The molecule has 0 aromatic rings. The second-order valence-corrected chi connectivity index (χ2v) is 7.73. The van der Waals surface area contributed by atoms with E-state index in [9.17, 15) is 0 Å². The van der Waals surface area contributed by atoms with E-state index in [1.54, 1.807) is 6.42 Å². The van der Waals surface area contributed by atoms with Gasteiger partial charge in [-0.15, -0.1) is 0 Å². The van der Waals surface area contributed by atoms with Crippen LogP contribution < -0.4 is 0 Å². The fraction of sp³-hybridized carbons (Fsp3) is 0.889. The van der Waals surface area contributed by atoms with Crippen molar-refractivity contribution in [3.05, 3.63) is 12.2 Å². The maximum Gasteiger partial charge on any atom is 0.0127 e. The van der Waals surface area contributed by atoms with E-state index in [1.807, 2.05) is 0 Å². The minimum atomic E-state index is 0.939. The molecule has 0 radical (unpaired) electrons. The van der Waals surface area contributed by atoms with Gasteiger partial charge in [-0.2, -0.15) is 0 Å². The van der Waals surface area contributed by atoms with Gasteiger partial charge in [-0.3, -0.25) is 4.90 Å². The summed E-state index contributed by atoms with van der Waals surface area (Å²) in [6.07, 6.45) is 15.0. The van der Waals surface area contributed by atoms with Gasteiger partial charge in [0, 0.05) is 38.8 Å². The van der Waals surface area contributed by atoms with Crippen molar-refractivity contribution in [2.45, 2.75) is 51.0 Å². The average Bonchev–Trinajstić information content (AvgIpc) is 3.12. The Labute approximate surface area is 124 Å². The zero-order valence-corrected chi connectivity index (χ0v) is 12.8. The SMILES string of the molecule is C1=CC[C@@H](CN2CCN([C@@H]3C[C@@H]4CC[C@@H]3C4)CC2)CC1. The van der Waals surface area contributed by atoms with Crippen molar-refractivity contribution in [2.75, 3.05) is 32.7 Å². The lowest BCUT2D eigenvalue weighted by atomic mass is 9.92. The van der Waals surface area contributed by atoms with Crippen molar-refractivity contribution in [2.24, 2.45) is 17.8 Å². The van der Waals surface area contributed by atoms with Gasteiger partial charge in [0.1, 0.15) is 0 Å². The lowest BCUT2D eigenvalue weighted by Crippen LogP contribution is -2.52. The zero-order valence-electron chi connectivity index (χ0n) is 12.8. The van der Waals surface area contributed by atoms with Crippen molar-refractivity contribution in [1.29, 1.82) is 0 Å². The fourth-order valence-electron chi connectivity index (χ4n) is 5.32. The molecule has 4 aliphatic rings. The Morgan fingerprint density at radius 3 is 2.45 bits per heavy atom. The van der Waals surface area contributed by atoms with Crippen LogP contribution in [0.3, 0.4) is 0 Å². The van der Waals surface area contributed by atoms with Gasteiger partial charge in [0.2, 0.25) is 0 Å². The molecule has 2 saturated carbocycles. The third-order valence-electron chi connectivity index (χ3n) is 6.47. The predicted octanol–water partition coefficient (Wildman–Crippen LogP) is 3.15. The highest BCUT2D eigenvalue weighted by atomic mass is 15.3. The first kappa shape index (κ1) is 13.3. The number of hydrogen-bond donors (Lipinski definition) is 0.